The van der Waals surface area contributed by atoms with E-state index >= 15 is 0 Å². The number of ether oxygens (including phenoxy) is 1. The van der Waals surface area contributed by atoms with Gasteiger partial charge in [-0.25, -0.2) is 4.79 Å². The molecule has 0 saturated carbocycles. The molecule has 2 amide bonds. The summed E-state index contributed by atoms with van der Waals surface area (Å²) in [4.78, 5) is 27.0. The highest BCUT2D eigenvalue weighted by molar-refractivity contribution is 5.80. The van der Waals surface area contributed by atoms with Crippen LogP contribution in [0.5, 0.6) is 0 Å². The molecule has 0 aromatic rings. The van der Waals surface area contributed by atoms with Gasteiger partial charge in [0.05, 0.1) is 6.04 Å². The van der Waals surface area contributed by atoms with Gasteiger partial charge in [-0.15, -0.1) is 0 Å². The average molecular weight is 285 g/mol. The van der Waals surface area contributed by atoms with Crippen LogP contribution in [0.15, 0.2) is 0 Å². The van der Waals surface area contributed by atoms with Crippen LogP contribution in [-0.4, -0.2) is 60.1 Å². The largest absolute Gasteiger partial charge is 0.444 e. The second kappa shape index (κ2) is 6.43. The molecule has 1 saturated heterocycles. The third kappa shape index (κ3) is 5.00. The molecule has 116 valence electrons. The summed E-state index contributed by atoms with van der Waals surface area (Å²) < 4.78 is 5.35. The van der Waals surface area contributed by atoms with Crippen LogP contribution in [0.25, 0.3) is 0 Å². The maximum atomic E-state index is 11.9. The predicted octanol–water partition coefficient (Wildman–Crippen LogP) is 1.05. The van der Waals surface area contributed by atoms with Gasteiger partial charge >= 0.3 is 6.09 Å². The van der Waals surface area contributed by atoms with Crippen molar-refractivity contribution in [3.63, 3.8) is 0 Å². The Hall–Kier alpha value is -1.30. The van der Waals surface area contributed by atoms with E-state index in [0.717, 1.165) is 6.42 Å². The van der Waals surface area contributed by atoms with Gasteiger partial charge < -0.3 is 20.3 Å². The maximum absolute atomic E-state index is 11.9. The first-order valence-corrected chi connectivity index (χ1v) is 7.08. The van der Waals surface area contributed by atoms with Gasteiger partial charge in [-0.2, -0.15) is 0 Å². The maximum Gasteiger partial charge on any atom is 0.410 e. The van der Waals surface area contributed by atoms with Crippen LogP contribution in [0.2, 0.25) is 0 Å². The Bertz CT molecular complexity index is 363. The zero-order valence-electron chi connectivity index (χ0n) is 13.2. The van der Waals surface area contributed by atoms with Gasteiger partial charge in [0.25, 0.3) is 0 Å². The van der Waals surface area contributed by atoms with Crippen LogP contribution in [-0.2, 0) is 9.53 Å². The Morgan fingerprint density at radius 2 is 2.05 bits per heavy atom. The lowest BCUT2D eigenvalue weighted by atomic mass is 10.1. The van der Waals surface area contributed by atoms with Crippen molar-refractivity contribution in [2.75, 3.05) is 26.7 Å². The summed E-state index contributed by atoms with van der Waals surface area (Å²) in [6, 6.07) is -0.483. The zero-order chi connectivity index (χ0) is 15.5. The number of likely N-dealkylation sites (N-methyl/N-ethyl adjacent to an activating group) is 1. The lowest BCUT2D eigenvalue weighted by Crippen LogP contribution is -2.42. The van der Waals surface area contributed by atoms with E-state index in [4.69, 9.17) is 10.5 Å². The number of nitrogens with zero attached hydrogens (tertiary/aromatic N) is 2. The van der Waals surface area contributed by atoms with Crippen LogP contribution < -0.4 is 5.73 Å². The van der Waals surface area contributed by atoms with Gasteiger partial charge in [-0.1, -0.05) is 0 Å². The Morgan fingerprint density at radius 1 is 1.45 bits per heavy atom. The molecule has 0 radical (unpaired) electrons. The molecule has 1 rings (SSSR count). The minimum Gasteiger partial charge on any atom is -0.444 e. The molecule has 1 aliphatic rings. The van der Waals surface area contributed by atoms with Crippen LogP contribution in [0.4, 0.5) is 4.79 Å². The predicted molar refractivity (Wildman–Crippen MR) is 77.2 cm³/mol. The monoisotopic (exact) mass is 285 g/mol. The van der Waals surface area contributed by atoms with E-state index in [9.17, 15) is 9.59 Å². The standard InChI is InChI=1S/C14H27N3O3/c1-10(15)12(18)16(5)8-11-6-7-17(9-11)13(19)20-14(2,3)4/h10-11H,6-9,15H2,1-5H3/t10-,11?/m0/s1. The highest BCUT2D eigenvalue weighted by Gasteiger charge is 2.31. The fourth-order valence-electron chi connectivity index (χ4n) is 2.30. The topological polar surface area (TPSA) is 75.9 Å². The van der Waals surface area contributed by atoms with Gasteiger partial charge in [0.1, 0.15) is 5.60 Å². The second-order valence-corrected chi connectivity index (χ2v) is 6.59. The summed E-state index contributed by atoms with van der Waals surface area (Å²) in [5.41, 5.74) is 5.10. The van der Waals surface area contributed by atoms with E-state index in [1.54, 1.807) is 23.8 Å². The summed E-state index contributed by atoms with van der Waals surface area (Å²) in [5, 5.41) is 0. The molecule has 0 aromatic carbocycles. The molecule has 0 spiro atoms. The summed E-state index contributed by atoms with van der Waals surface area (Å²) >= 11 is 0. The van der Waals surface area contributed by atoms with Crippen molar-refractivity contribution in [3.05, 3.63) is 0 Å². The molecule has 1 aliphatic heterocycles. The molecule has 1 unspecified atom stereocenters. The van der Waals surface area contributed by atoms with Crippen molar-refractivity contribution in [1.29, 1.82) is 0 Å². The smallest absolute Gasteiger partial charge is 0.410 e. The normalized spacial score (nSPS) is 20.7. The Kier molecular flexibility index (Phi) is 5.39. The quantitative estimate of drug-likeness (QED) is 0.841. The number of hydrogen-bond acceptors (Lipinski definition) is 4. The van der Waals surface area contributed by atoms with E-state index in [1.807, 2.05) is 20.8 Å². The van der Waals surface area contributed by atoms with Gasteiger partial charge in [0.15, 0.2) is 0 Å². The van der Waals surface area contributed by atoms with Crippen molar-refractivity contribution in [3.8, 4) is 0 Å². The number of rotatable bonds is 3. The Morgan fingerprint density at radius 3 is 2.55 bits per heavy atom. The number of nitrogens with two attached hydrogens (primary N) is 1. The second-order valence-electron chi connectivity index (χ2n) is 6.59. The van der Waals surface area contributed by atoms with Gasteiger partial charge in [-0.3, -0.25) is 4.79 Å². The molecule has 0 aliphatic carbocycles. The van der Waals surface area contributed by atoms with Crippen LogP contribution in [0.1, 0.15) is 34.1 Å². The van der Waals surface area contributed by atoms with Crippen molar-refractivity contribution in [1.82, 2.24) is 9.80 Å². The SMILES string of the molecule is C[C@H](N)C(=O)N(C)CC1CCN(C(=O)OC(C)(C)C)C1. The summed E-state index contributed by atoms with van der Waals surface area (Å²) in [6.07, 6.45) is 0.608. The average Bonchev–Trinajstić information content (AvgIpc) is 2.74. The first-order chi connectivity index (χ1) is 9.10. The van der Waals surface area contributed by atoms with Crippen LogP contribution >= 0.6 is 0 Å². The molecule has 6 heteroatoms. The molecule has 0 aromatic heterocycles. The lowest BCUT2D eigenvalue weighted by Gasteiger charge is -2.25. The summed E-state index contributed by atoms with van der Waals surface area (Å²) in [5.74, 6) is 0.218. The number of likely N-dealkylation sites (tertiary alicyclic amines) is 1. The minimum atomic E-state index is -0.483. The van der Waals surface area contributed by atoms with Gasteiger partial charge in [0, 0.05) is 26.7 Å². The molecule has 0 bridgehead atoms. The molecule has 1 heterocycles. The van der Waals surface area contributed by atoms with E-state index in [0.29, 0.717) is 19.6 Å². The lowest BCUT2D eigenvalue weighted by molar-refractivity contribution is -0.131. The Balaban J connectivity index is 2.44. The first kappa shape index (κ1) is 16.8. The van der Waals surface area contributed by atoms with Crippen molar-refractivity contribution < 1.29 is 14.3 Å². The zero-order valence-corrected chi connectivity index (χ0v) is 13.2. The van der Waals surface area contributed by atoms with E-state index < -0.39 is 11.6 Å². The van der Waals surface area contributed by atoms with Crippen molar-refractivity contribution in [2.24, 2.45) is 11.7 Å². The third-order valence-corrected chi connectivity index (χ3v) is 3.24. The van der Waals surface area contributed by atoms with E-state index in [1.165, 1.54) is 0 Å². The van der Waals surface area contributed by atoms with Crippen LogP contribution in [0, 0.1) is 5.92 Å². The molecule has 6 nitrogen and oxygen atoms in total. The fraction of sp³-hybridized carbons (Fsp3) is 0.857. The minimum absolute atomic E-state index is 0.0688. The van der Waals surface area contributed by atoms with Crippen molar-refractivity contribution >= 4 is 12.0 Å². The number of hydrogen-bond donors (Lipinski definition) is 1. The summed E-state index contributed by atoms with van der Waals surface area (Å²) in [6.45, 7) is 9.18. The molecule has 20 heavy (non-hydrogen) atoms. The highest BCUT2D eigenvalue weighted by Crippen LogP contribution is 2.20. The number of carbonyl (C=O) groups is 2. The molecule has 1 fully saturated rings. The summed E-state index contributed by atoms with van der Waals surface area (Å²) in [7, 11) is 1.75. The number of amides is 2. The number of carbonyl (C=O) groups excluding carboxylic acids is 2. The fourth-order valence-corrected chi connectivity index (χ4v) is 2.30. The van der Waals surface area contributed by atoms with Gasteiger partial charge in [0.2, 0.25) is 5.91 Å². The molecular weight excluding hydrogens is 258 g/mol. The van der Waals surface area contributed by atoms with Crippen LogP contribution in [0.3, 0.4) is 0 Å². The highest BCUT2D eigenvalue weighted by atomic mass is 16.6. The van der Waals surface area contributed by atoms with E-state index in [2.05, 4.69) is 0 Å². The third-order valence-electron chi connectivity index (χ3n) is 3.24. The molecular formula is C14H27N3O3. The van der Waals surface area contributed by atoms with Gasteiger partial charge in [-0.05, 0) is 40.0 Å². The van der Waals surface area contributed by atoms with Crippen molar-refractivity contribution in [2.45, 2.75) is 45.8 Å². The molecule has 2 atom stereocenters. The van der Waals surface area contributed by atoms with E-state index in [-0.39, 0.29) is 17.9 Å². The molecule has 2 N–H and O–H groups in total. The first-order valence-electron chi connectivity index (χ1n) is 7.08. The Labute approximate surface area is 121 Å².